The number of carbonyl (C=O) groups is 1. The lowest BCUT2D eigenvalue weighted by atomic mass is 10.0. The highest BCUT2D eigenvalue weighted by molar-refractivity contribution is 5.97. The van der Waals surface area contributed by atoms with Crippen molar-refractivity contribution in [2.24, 2.45) is 0 Å². The number of unbranched alkanes of at least 4 members (excludes halogenated alkanes) is 1. The van der Waals surface area contributed by atoms with Crippen LogP contribution in [0.25, 0.3) is 0 Å². The van der Waals surface area contributed by atoms with Crippen molar-refractivity contribution in [2.75, 3.05) is 18.4 Å². The standard InChI is InChI=1S/C18H27N3O3.HNO3/c1-5-6-9-20-10-7-8-15(20)18(22)19-16-12(2)11-13(3)17(14(16)4)21(23)24;2-1(3)4/h11,15H,5-10H2,1-4H3,(H,19,22);(H,2,3,4). The van der Waals surface area contributed by atoms with E-state index in [0.29, 0.717) is 16.8 Å². The molecule has 1 aliphatic rings. The molecule has 1 heterocycles. The minimum Gasteiger partial charge on any atom is -0.328 e. The van der Waals surface area contributed by atoms with Gasteiger partial charge in [0, 0.05) is 5.56 Å². The van der Waals surface area contributed by atoms with Crippen LogP contribution in [0, 0.1) is 41.0 Å². The summed E-state index contributed by atoms with van der Waals surface area (Å²) in [6.45, 7) is 9.33. The molecule has 1 fully saturated rings. The summed E-state index contributed by atoms with van der Waals surface area (Å²) in [5.74, 6) is -0.0482. The topological polar surface area (TPSA) is 139 Å². The lowest BCUT2D eigenvalue weighted by Gasteiger charge is -2.24. The van der Waals surface area contributed by atoms with Crippen LogP contribution in [0.5, 0.6) is 0 Å². The third kappa shape index (κ3) is 6.15. The molecule has 1 unspecified atom stereocenters. The molecule has 1 aromatic carbocycles. The van der Waals surface area contributed by atoms with E-state index in [9.17, 15) is 14.9 Å². The smallest absolute Gasteiger partial charge is 0.291 e. The Morgan fingerprint density at radius 3 is 2.43 bits per heavy atom. The maximum Gasteiger partial charge on any atom is 0.291 e. The summed E-state index contributed by atoms with van der Waals surface area (Å²) in [6, 6.07) is 1.64. The first kappa shape index (κ1) is 23.3. The van der Waals surface area contributed by atoms with Gasteiger partial charge in [-0.05, 0) is 64.8 Å². The number of likely N-dealkylation sites (tertiary alicyclic amines) is 1. The van der Waals surface area contributed by atoms with Gasteiger partial charge in [-0.25, -0.2) is 0 Å². The van der Waals surface area contributed by atoms with Gasteiger partial charge < -0.3 is 10.5 Å². The summed E-state index contributed by atoms with van der Waals surface area (Å²) >= 11 is 0. The SMILES string of the molecule is CCCCN1CCCC1C(=O)Nc1c(C)cc(C)c([N+](=O)[O-])c1C.O=[N+]([O-])O. The lowest BCUT2D eigenvalue weighted by molar-refractivity contribution is -0.742. The van der Waals surface area contributed by atoms with E-state index in [1.165, 1.54) is 0 Å². The minimum absolute atomic E-state index is 0.0482. The Hall–Kier alpha value is -2.75. The van der Waals surface area contributed by atoms with E-state index in [1.807, 2.05) is 6.92 Å². The minimum atomic E-state index is -1.50. The second-order valence-corrected chi connectivity index (χ2v) is 6.89. The van der Waals surface area contributed by atoms with Gasteiger partial charge in [0.1, 0.15) is 0 Å². The number of amides is 1. The van der Waals surface area contributed by atoms with Gasteiger partial charge >= 0.3 is 0 Å². The Kier molecular flexibility index (Phi) is 8.77. The zero-order chi connectivity index (χ0) is 21.4. The van der Waals surface area contributed by atoms with Gasteiger partial charge in [-0.15, -0.1) is 10.1 Å². The molecule has 10 nitrogen and oxygen atoms in total. The number of nitro groups is 1. The van der Waals surface area contributed by atoms with Gasteiger partial charge in [0.25, 0.3) is 10.8 Å². The normalized spacial score (nSPS) is 16.2. The Labute approximate surface area is 163 Å². The maximum atomic E-state index is 12.7. The molecule has 2 N–H and O–H groups in total. The number of hydrogen-bond acceptors (Lipinski definition) is 6. The lowest BCUT2D eigenvalue weighted by Crippen LogP contribution is -2.40. The van der Waals surface area contributed by atoms with Gasteiger partial charge in [0.15, 0.2) is 0 Å². The number of anilines is 1. The average molecular weight is 396 g/mol. The number of nitrogens with zero attached hydrogens (tertiary/aromatic N) is 3. The molecule has 1 amide bonds. The third-order valence-electron chi connectivity index (χ3n) is 4.83. The molecule has 1 saturated heterocycles. The summed E-state index contributed by atoms with van der Waals surface area (Å²) in [6.07, 6.45) is 4.06. The van der Waals surface area contributed by atoms with Crippen LogP contribution in [0.15, 0.2) is 6.07 Å². The number of nitro benzene ring substituents is 1. The van der Waals surface area contributed by atoms with Crippen molar-refractivity contribution in [3.8, 4) is 0 Å². The molecule has 0 spiro atoms. The van der Waals surface area contributed by atoms with Gasteiger partial charge in [0.2, 0.25) is 5.91 Å². The van der Waals surface area contributed by atoms with Crippen LogP contribution in [-0.2, 0) is 4.79 Å². The Morgan fingerprint density at radius 2 is 1.89 bits per heavy atom. The van der Waals surface area contributed by atoms with Gasteiger partial charge in [-0.3, -0.25) is 19.8 Å². The molecule has 1 aromatic rings. The molecule has 156 valence electrons. The predicted molar refractivity (Wildman–Crippen MR) is 104 cm³/mol. The number of rotatable bonds is 6. The number of aryl methyl sites for hydroxylation is 2. The van der Waals surface area contributed by atoms with Crippen molar-refractivity contribution in [2.45, 2.75) is 59.4 Å². The number of nitrogens with one attached hydrogen (secondary N) is 1. The number of carbonyl (C=O) groups excluding carboxylic acids is 1. The highest BCUT2D eigenvalue weighted by Crippen LogP contribution is 2.33. The highest BCUT2D eigenvalue weighted by Gasteiger charge is 2.31. The van der Waals surface area contributed by atoms with Crippen LogP contribution in [0.3, 0.4) is 0 Å². The molecule has 0 aromatic heterocycles. The fraction of sp³-hybridized carbons (Fsp3) is 0.611. The summed E-state index contributed by atoms with van der Waals surface area (Å²) in [4.78, 5) is 34.3. The Morgan fingerprint density at radius 1 is 1.29 bits per heavy atom. The van der Waals surface area contributed by atoms with Crippen LogP contribution in [0.4, 0.5) is 11.4 Å². The Balaban J connectivity index is 0.000000892. The van der Waals surface area contributed by atoms with Crippen molar-refractivity contribution >= 4 is 17.3 Å². The van der Waals surface area contributed by atoms with Crippen LogP contribution in [0.2, 0.25) is 0 Å². The third-order valence-corrected chi connectivity index (χ3v) is 4.83. The van der Waals surface area contributed by atoms with Crippen LogP contribution in [0.1, 0.15) is 49.3 Å². The number of benzene rings is 1. The van der Waals surface area contributed by atoms with Crippen molar-refractivity contribution in [3.63, 3.8) is 0 Å². The zero-order valence-electron chi connectivity index (χ0n) is 16.7. The fourth-order valence-corrected chi connectivity index (χ4v) is 3.61. The first-order valence-electron chi connectivity index (χ1n) is 9.23. The molecule has 0 bridgehead atoms. The largest absolute Gasteiger partial charge is 0.328 e. The first-order valence-corrected chi connectivity index (χ1v) is 9.23. The maximum absolute atomic E-state index is 12.7. The summed E-state index contributed by atoms with van der Waals surface area (Å²) in [7, 11) is 0. The van der Waals surface area contributed by atoms with E-state index in [2.05, 4.69) is 17.1 Å². The van der Waals surface area contributed by atoms with E-state index in [1.54, 1.807) is 19.9 Å². The molecule has 1 aliphatic heterocycles. The van der Waals surface area contributed by atoms with E-state index in [-0.39, 0.29) is 22.6 Å². The van der Waals surface area contributed by atoms with E-state index >= 15 is 0 Å². The molecule has 10 heteroatoms. The molecular weight excluding hydrogens is 368 g/mol. The van der Waals surface area contributed by atoms with Crippen LogP contribution in [-0.4, -0.2) is 45.2 Å². The van der Waals surface area contributed by atoms with Crippen molar-refractivity contribution < 1.29 is 20.0 Å². The van der Waals surface area contributed by atoms with Gasteiger partial charge in [-0.2, -0.15) is 0 Å². The monoisotopic (exact) mass is 396 g/mol. The zero-order valence-corrected chi connectivity index (χ0v) is 16.7. The van der Waals surface area contributed by atoms with Gasteiger partial charge in [0.05, 0.1) is 22.2 Å². The molecule has 0 aliphatic carbocycles. The van der Waals surface area contributed by atoms with Crippen LogP contribution < -0.4 is 5.32 Å². The Bertz CT molecular complexity index is 733. The van der Waals surface area contributed by atoms with Crippen molar-refractivity contribution in [3.05, 3.63) is 43.0 Å². The van der Waals surface area contributed by atoms with E-state index in [4.69, 9.17) is 15.3 Å². The highest BCUT2D eigenvalue weighted by atomic mass is 16.9. The predicted octanol–water partition coefficient (Wildman–Crippen LogP) is 3.38. The molecule has 1 atom stereocenters. The second-order valence-electron chi connectivity index (χ2n) is 6.89. The summed E-state index contributed by atoms with van der Waals surface area (Å²) < 4.78 is 0. The quantitative estimate of drug-likeness (QED) is 0.555. The molecule has 28 heavy (non-hydrogen) atoms. The average Bonchev–Trinajstić information content (AvgIpc) is 3.04. The molecular formula is C18H28N4O6. The van der Waals surface area contributed by atoms with Crippen LogP contribution >= 0.6 is 0 Å². The molecule has 2 rings (SSSR count). The van der Waals surface area contributed by atoms with E-state index in [0.717, 1.165) is 44.3 Å². The van der Waals surface area contributed by atoms with Crippen molar-refractivity contribution in [1.29, 1.82) is 0 Å². The first-order chi connectivity index (χ1) is 13.1. The molecule has 0 saturated carbocycles. The summed E-state index contributed by atoms with van der Waals surface area (Å²) in [5.41, 5.74) is 2.69. The molecule has 0 radical (unpaired) electrons. The second kappa shape index (κ2) is 10.5. The van der Waals surface area contributed by atoms with Gasteiger partial charge in [-0.1, -0.05) is 13.3 Å². The van der Waals surface area contributed by atoms with E-state index < -0.39 is 5.09 Å². The number of hydrogen-bond donors (Lipinski definition) is 2. The summed E-state index contributed by atoms with van der Waals surface area (Å²) in [5, 5.41) is 27.9. The fourth-order valence-electron chi connectivity index (χ4n) is 3.61. The van der Waals surface area contributed by atoms with Crippen molar-refractivity contribution in [1.82, 2.24) is 4.90 Å².